The minimum absolute atomic E-state index is 0.229. The second kappa shape index (κ2) is 4.65. The van der Waals surface area contributed by atoms with Crippen LogP contribution in [-0.2, 0) is 16.4 Å². The zero-order valence-electron chi connectivity index (χ0n) is 12.2. The monoisotopic (exact) mass is 311 g/mol. The van der Waals surface area contributed by atoms with E-state index in [0.29, 0.717) is 17.5 Å². The number of ether oxygens (including phenoxy) is 1. The van der Waals surface area contributed by atoms with Crippen molar-refractivity contribution in [3.8, 4) is 5.75 Å². The van der Waals surface area contributed by atoms with Crippen molar-refractivity contribution in [2.24, 2.45) is 4.40 Å². The SMILES string of the molecule is Cc1c(C)c(S(=O)(=O)N=C=S)c(C)c2c1OC(C)(C)C2. The summed E-state index contributed by atoms with van der Waals surface area (Å²) in [5.41, 5.74) is 2.82. The molecule has 0 saturated carbocycles. The number of thiocarbonyl (C=S) groups is 1. The summed E-state index contributed by atoms with van der Waals surface area (Å²) in [7, 11) is -3.80. The summed E-state index contributed by atoms with van der Waals surface area (Å²) in [5.74, 6) is 0.801. The van der Waals surface area contributed by atoms with E-state index < -0.39 is 10.0 Å². The van der Waals surface area contributed by atoms with Crippen molar-refractivity contribution in [2.75, 3.05) is 0 Å². The molecule has 0 amide bonds. The minimum Gasteiger partial charge on any atom is -0.487 e. The van der Waals surface area contributed by atoms with Gasteiger partial charge in [-0.3, -0.25) is 0 Å². The molecule has 0 spiro atoms. The van der Waals surface area contributed by atoms with E-state index in [9.17, 15) is 8.42 Å². The fourth-order valence-electron chi connectivity index (χ4n) is 2.73. The van der Waals surface area contributed by atoms with Gasteiger partial charge in [0, 0.05) is 12.0 Å². The van der Waals surface area contributed by atoms with Crippen LogP contribution in [-0.4, -0.2) is 19.2 Å². The number of sulfonamides is 1. The molecule has 4 nitrogen and oxygen atoms in total. The van der Waals surface area contributed by atoms with Crippen molar-refractivity contribution in [1.29, 1.82) is 0 Å². The topological polar surface area (TPSA) is 55.7 Å². The molecule has 0 aromatic heterocycles. The number of isothiocyanates is 1. The summed E-state index contributed by atoms with van der Waals surface area (Å²) in [6.45, 7) is 9.41. The summed E-state index contributed by atoms with van der Waals surface area (Å²) in [4.78, 5) is 0.229. The van der Waals surface area contributed by atoms with Crippen LogP contribution in [0.1, 0.15) is 36.1 Å². The fraction of sp³-hybridized carbons (Fsp3) is 0.500. The van der Waals surface area contributed by atoms with Crippen LogP contribution >= 0.6 is 12.2 Å². The molecule has 0 aliphatic carbocycles. The lowest BCUT2D eigenvalue weighted by molar-refractivity contribution is 0.137. The number of benzene rings is 1. The Labute approximate surface area is 124 Å². The molecule has 1 aliphatic rings. The number of nitrogens with zero attached hydrogens (tertiary/aromatic N) is 1. The van der Waals surface area contributed by atoms with Crippen LogP contribution in [0.5, 0.6) is 5.75 Å². The lowest BCUT2D eigenvalue weighted by Gasteiger charge is -2.18. The van der Waals surface area contributed by atoms with Gasteiger partial charge in [0.25, 0.3) is 10.0 Å². The first-order valence-electron chi connectivity index (χ1n) is 6.26. The van der Waals surface area contributed by atoms with Gasteiger partial charge in [-0.1, -0.05) is 0 Å². The molecular formula is C14H17NO3S2. The fourth-order valence-corrected chi connectivity index (χ4v) is 4.26. The summed E-state index contributed by atoms with van der Waals surface area (Å²) in [6, 6.07) is 0. The maximum absolute atomic E-state index is 12.3. The Balaban J connectivity index is 2.83. The quantitative estimate of drug-likeness (QED) is 0.622. The molecule has 1 aromatic rings. The molecule has 20 heavy (non-hydrogen) atoms. The number of hydrogen-bond acceptors (Lipinski definition) is 4. The number of fused-ring (bicyclic) bond motifs is 1. The Morgan fingerprint density at radius 1 is 1.20 bits per heavy atom. The molecule has 0 N–H and O–H groups in total. The first kappa shape index (κ1) is 15.2. The Morgan fingerprint density at radius 3 is 2.35 bits per heavy atom. The van der Waals surface area contributed by atoms with E-state index in [0.717, 1.165) is 16.9 Å². The van der Waals surface area contributed by atoms with E-state index in [1.54, 1.807) is 13.8 Å². The number of rotatable bonds is 2. The molecule has 0 fully saturated rings. The van der Waals surface area contributed by atoms with Crippen LogP contribution < -0.4 is 4.74 Å². The van der Waals surface area contributed by atoms with Crippen molar-refractivity contribution >= 4 is 27.4 Å². The largest absolute Gasteiger partial charge is 0.487 e. The zero-order chi connectivity index (χ0) is 15.3. The molecule has 1 heterocycles. The molecule has 0 radical (unpaired) electrons. The highest BCUT2D eigenvalue weighted by Crippen LogP contribution is 2.43. The molecule has 2 rings (SSSR count). The third-order valence-corrected chi connectivity index (χ3v) is 5.37. The Hall–Kier alpha value is -1.23. The van der Waals surface area contributed by atoms with Gasteiger partial charge in [-0.15, -0.1) is 4.40 Å². The third-order valence-electron chi connectivity index (χ3n) is 3.71. The molecule has 0 bridgehead atoms. The van der Waals surface area contributed by atoms with Crippen LogP contribution in [0.3, 0.4) is 0 Å². The predicted octanol–water partition coefficient (Wildman–Crippen LogP) is 3.12. The smallest absolute Gasteiger partial charge is 0.291 e. The summed E-state index contributed by atoms with van der Waals surface area (Å²) in [5, 5.41) is 1.95. The van der Waals surface area contributed by atoms with Gasteiger partial charge >= 0.3 is 0 Å². The molecule has 1 aliphatic heterocycles. The van der Waals surface area contributed by atoms with Gasteiger partial charge in [-0.25, -0.2) is 0 Å². The first-order chi connectivity index (χ1) is 9.10. The van der Waals surface area contributed by atoms with Crippen LogP contribution in [0.25, 0.3) is 0 Å². The van der Waals surface area contributed by atoms with E-state index in [1.165, 1.54) is 0 Å². The molecule has 0 atom stereocenters. The average molecular weight is 311 g/mol. The predicted molar refractivity (Wildman–Crippen MR) is 81.3 cm³/mol. The van der Waals surface area contributed by atoms with Gasteiger partial charge in [-0.2, -0.15) is 8.42 Å². The van der Waals surface area contributed by atoms with Crippen LogP contribution in [0.15, 0.2) is 9.29 Å². The first-order valence-corrected chi connectivity index (χ1v) is 8.11. The van der Waals surface area contributed by atoms with Crippen molar-refractivity contribution < 1.29 is 13.2 Å². The van der Waals surface area contributed by atoms with Crippen LogP contribution in [0, 0.1) is 20.8 Å². The maximum Gasteiger partial charge on any atom is 0.291 e. The zero-order valence-corrected chi connectivity index (χ0v) is 13.8. The lowest BCUT2D eigenvalue weighted by atomic mass is 9.94. The van der Waals surface area contributed by atoms with Gasteiger partial charge in [0.15, 0.2) is 0 Å². The Bertz CT molecular complexity index is 742. The van der Waals surface area contributed by atoms with Crippen molar-refractivity contribution in [1.82, 2.24) is 0 Å². The molecule has 6 heteroatoms. The molecule has 0 saturated heterocycles. The summed E-state index contributed by atoms with van der Waals surface area (Å²) >= 11 is 4.43. The second-order valence-corrected chi connectivity index (χ2v) is 7.43. The van der Waals surface area contributed by atoms with Gasteiger partial charge < -0.3 is 4.74 Å². The average Bonchev–Trinajstić information content (AvgIpc) is 2.62. The molecular weight excluding hydrogens is 294 g/mol. The van der Waals surface area contributed by atoms with Gasteiger partial charge in [0.1, 0.15) is 11.4 Å². The second-order valence-electron chi connectivity index (χ2n) is 5.71. The summed E-state index contributed by atoms with van der Waals surface area (Å²) in [6.07, 6.45) is 0.680. The van der Waals surface area contributed by atoms with Gasteiger partial charge in [-0.05, 0) is 63.5 Å². The molecule has 108 valence electrons. The van der Waals surface area contributed by atoms with E-state index in [1.807, 2.05) is 25.9 Å². The van der Waals surface area contributed by atoms with E-state index in [4.69, 9.17) is 4.74 Å². The van der Waals surface area contributed by atoms with Crippen molar-refractivity contribution in [3.63, 3.8) is 0 Å². The highest BCUT2D eigenvalue weighted by molar-refractivity contribution is 7.91. The number of hydrogen-bond donors (Lipinski definition) is 0. The van der Waals surface area contributed by atoms with Crippen molar-refractivity contribution in [3.05, 3.63) is 22.3 Å². The summed E-state index contributed by atoms with van der Waals surface area (Å²) < 4.78 is 33.8. The van der Waals surface area contributed by atoms with Gasteiger partial charge in [0.2, 0.25) is 0 Å². The molecule has 0 unspecified atom stereocenters. The highest BCUT2D eigenvalue weighted by atomic mass is 32.2. The maximum atomic E-state index is 12.3. The van der Waals surface area contributed by atoms with Crippen molar-refractivity contribution in [2.45, 2.75) is 51.5 Å². The standard InChI is InChI=1S/C14H17NO3S2/c1-8-9(2)13(20(16,17)15-7-19)10(3)11-6-14(4,5)18-12(8)11/h6H2,1-5H3. The Kier molecular flexibility index (Phi) is 3.53. The van der Waals surface area contributed by atoms with E-state index in [-0.39, 0.29) is 10.5 Å². The highest BCUT2D eigenvalue weighted by Gasteiger charge is 2.36. The minimum atomic E-state index is -3.80. The lowest BCUT2D eigenvalue weighted by Crippen LogP contribution is -2.24. The van der Waals surface area contributed by atoms with E-state index in [2.05, 4.69) is 16.6 Å². The Morgan fingerprint density at radius 2 is 1.80 bits per heavy atom. The van der Waals surface area contributed by atoms with E-state index >= 15 is 0 Å². The van der Waals surface area contributed by atoms with Gasteiger partial charge in [0.05, 0.1) is 10.1 Å². The third kappa shape index (κ3) is 2.28. The van der Waals surface area contributed by atoms with Crippen LogP contribution in [0.2, 0.25) is 0 Å². The van der Waals surface area contributed by atoms with Crippen LogP contribution in [0.4, 0.5) is 0 Å². The normalized spacial score (nSPS) is 16.2. The molecule has 1 aromatic carbocycles.